The maximum Gasteiger partial charge on any atom is 0.227 e. The molecule has 0 atom stereocenters. The van der Waals surface area contributed by atoms with Crippen molar-refractivity contribution in [1.82, 2.24) is 0 Å². The van der Waals surface area contributed by atoms with Crippen molar-refractivity contribution in [2.24, 2.45) is 9.98 Å². The molecule has 15 heavy (non-hydrogen) atoms. The van der Waals surface area contributed by atoms with E-state index in [0.717, 1.165) is 35.3 Å². The van der Waals surface area contributed by atoms with Gasteiger partial charge in [-0.3, -0.25) is 0 Å². The molecule has 1 aromatic rings. The summed E-state index contributed by atoms with van der Waals surface area (Å²) in [5, 5.41) is 2.01. The van der Waals surface area contributed by atoms with Crippen molar-refractivity contribution in [2.45, 2.75) is 0 Å². The maximum atomic E-state index is 5.45. The Morgan fingerprint density at radius 2 is 1.80 bits per heavy atom. The molecule has 4 nitrogen and oxygen atoms in total. The predicted molar refractivity (Wildman–Crippen MR) is 59.0 cm³/mol. The van der Waals surface area contributed by atoms with Crippen molar-refractivity contribution in [1.29, 1.82) is 0 Å². The molecule has 1 aromatic heterocycles. The molecular weight excluding hydrogens is 212 g/mol. The third-order valence-electron chi connectivity index (χ3n) is 2.26. The molecule has 0 amide bonds. The van der Waals surface area contributed by atoms with Crippen LogP contribution in [0.1, 0.15) is 10.4 Å². The van der Waals surface area contributed by atoms with Gasteiger partial charge in [-0.05, 0) is 11.4 Å². The molecule has 5 heteroatoms. The fraction of sp³-hybridized carbons (Fsp3) is 0.400. The highest BCUT2D eigenvalue weighted by atomic mass is 32.1. The van der Waals surface area contributed by atoms with Crippen LogP contribution in [0.15, 0.2) is 21.4 Å². The molecule has 0 saturated heterocycles. The number of aliphatic imine (C=N–C) groups is 2. The van der Waals surface area contributed by atoms with Crippen molar-refractivity contribution in [3.63, 3.8) is 0 Å². The van der Waals surface area contributed by atoms with Crippen LogP contribution in [-0.2, 0) is 9.47 Å². The zero-order chi connectivity index (χ0) is 10.1. The van der Waals surface area contributed by atoms with Crippen LogP contribution in [0.2, 0.25) is 0 Å². The number of ether oxygens (including phenoxy) is 2. The van der Waals surface area contributed by atoms with Crippen LogP contribution in [0.5, 0.6) is 0 Å². The van der Waals surface area contributed by atoms with E-state index in [1.807, 2.05) is 11.4 Å². The lowest BCUT2D eigenvalue weighted by Gasteiger charge is -2.03. The molecule has 3 heterocycles. The minimum atomic E-state index is 0.679. The van der Waals surface area contributed by atoms with Crippen LogP contribution in [0, 0.1) is 0 Å². The molecule has 0 radical (unpaired) electrons. The highest BCUT2D eigenvalue weighted by molar-refractivity contribution is 7.12. The first-order valence-corrected chi connectivity index (χ1v) is 5.76. The summed E-state index contributed by atoms with van der Waals surface area (Å²) < 4.78 is 10.9. The maximum absolute atomic E-state index is 5.45. The van der Waals surface area contributed by atoms with Gasteiger partial charge in [0.05, 0.1) is 18.7 Å². The van der Waals surface area contributed by atoms with Crippen LogP contribution in [0.4, 0.5) is 0 Å². The Hall–Kier alpha value is -1.36. The largest absolute Gasteiger partial charge is 0.475 e. The Kier molecular flexibility index (Phi) is 2.17. The summed E-state index contributed by atoms with van der Waals surface area (Å²) in [6.07, 6.45) is 0. The van der Waals surface area contributed by atoms with Gasteiger partial charge < -0.3 is 9.47 Å². The number of nitrogens with zero attached hydrogens (tertiary/aromatic N) is 2. The molecule has 78 valence electrons. The standard InChI is InChI=1S/C10H10N2O2S/c1-6-15-8(10-12-3-5-14-10)7(1)9-11-2-4-13-9/h1,6H,2-5H2. The van der Waals surface area contributed by atoms with E-state index in [4.69, 9.17) is 9.47 Å². The smallest absolute Gasteiger partial charge is 0.227 e. The molecule has 0 fully saturated rings. The molecular formula is C10H10N2O2S. The molecule has 0 aromatic carbocycles. The summed E-state index contributed by atoms with van der Waals surface area (Å²) in [6, 6.07) is 2.01. The van der Waals surface area contributed by atoms with Gasteiger partial charge in [0.15, 0.2) is 0 Å². The minimum Gasteiger partial charge on any atom is -0.475 e. The van der Waals surface area contributed by atoms with E-state index in [1.165, 1.54) is 0 Å². The first-order chi connectivity index (χ1) is 7.45. The summed E-state index contributed by atoms with van der Waals surface area (Å²) in [4.78, 5) is 9.64. The second-order valence-electron chi connectivity index (χ2n) is 3.23. The monoisotopic (exact) mass is 222 g/mol. The lowest BCUT2D eigenvalue weighted by atomic mass is 10.2. The summed E-state index contributed by atoms with van der Waals surface area (Å²) in [5.41, 5.74) is 1.01. The first-order valence-electron chi connectivity index (χ1n) is 4.88. The van der Waals surface area contributed by atoms with Gasteiger partial charge in [-0.15, -0.1) is 11.3 Å². The van der Waals surface area contributed by atoms with Crippen molar-refractivity contribution in [3.05, 3.63) is 21.9 Å². The van der Waals surface area contributed by atoms with Crippen LogP contribution in [-0.4, -0.2) is 38.1 Å². The Morgan fingerprint density at radius 1 is 1.07 bits per heavy atom. The molecule has 3 rings (SSSR count). The molecule has 0 N–H and O–H groups in total. The molecule has 0 bridgehead atoms. The van der Waals surface area contributed by atoms with Gasteiger partial charge in [0.2, 0.25) is 11.8 Å². The SMILES string of the molecule is c1cc(C2=NCCO2)c(C2=NCCO2)s1. The second-order valence-corrected chi connectivity index (χ2v) is 4.15. The van der Waals surface area contributed by atoms with Crippen molar-refractivity contribution >= 4 is 23.1 Å². The number of hydrogen-bond donors (Lipinski definition) is 0. The normalized spacial score (nSPS) is 19.5. The topological polar surface area (TPSA) is 43.2 Å². The summed E-state index contributed by atoms with van der Waals surface area (Å²) in [6.45, 7) is 2.86. The number of hydrogen-bond acceptors (Lipinski definition) is 5. The van der Waals surface area contributed by atoms with Crippen LogP contribution in [0.25, 0.3) is 0 Å². The predicted octanol–water partition coefficient (Wildman–Crippen LogP) is 1.30. The third-order valence-corrected chi connectivity index (χ3v) is 3.16. The average molecular weight is 222 g/mol. The van der Waals surface area contributed by atoms with Gasteiger partial charge in [0.25, 0.3) is 0 Å². The number of thiophene rings is 1. The summed E-state index contributed by atoms with van der Waals surface area (Å²) in [7, 11) is 0. The Labute approximate surface area is 91.3 Å². The lowest BCUT2D eigenvalue weighted by Crippen LogP contribution is -2.07. The molecule has 2 aliphatic heterocycles. The lowest BCUT2D eigenvalue weighted by molar-refractivity contribution is 0.345. The van der Waals surface area contributed by atoms with Crippen molar-refractivity contribution in [3.8, 4) is 0 Å². The molecule has 0 unspecified atom stereocenters. The van der Waals surface area contributed by atoms with Gasteiger partial charge in [-0.1, -0.05) is 0 Å². The van der Waals surface area contributed by atoms with Gasteiger partial charge >= 0.3 is 0 Å². The van der Waals surface area contributed by atoms with E-state index >= 15 is 0 Å². The van der Waals surface area contributed by atoms with E-state index in [0.29, 0.717) is 13.2 Å². The van der Waals surface area contributed by atoms with E-state index in [1.54, 1.807) is 11.3 Å². The van der Waals surface area contributed by atoms with E-state index < -0.39 is 0 Å². The van der Waals surface area contributed by atoms with Crippen LogP contribution < -0.4 is 0 Å². The fourth-order valence-electron chi connectivity index (χ4n) is 1.61. The van der Waals surface area contributed by atoms with Crippen LogP contribution in [0.3, 0.4) is 0 Å². The molecule has 0 aliphatic carbocycles. The minimum absolute atomic E-state index is 0.679. The highest BCUT2D eigenvalue weighted by Crippen LogP contribution is 2.22. The van der Waals surface area contributed by atoms with Crippen molar-refractivity contribution < 1.29 is 9.47 Å². The quantitative estimate of drug-likeness (QED) is 0.757. The second kappa shape index (κ2) is 3.66. The molecule has 0 saturated carbocycles. The Balaban J connectivity index is 1.98. The van der Waals surface area contributed by atoms with Crippen LogP contribution >= 0.6 is 11.3 Å². The van der Waals surface area contributed by atoms with E-state index in [9.17, 15) is 0 Å². The zero-order valence-corrected chi connectivity index (χ0v) is 8.92. The molecule has 0 spiro atoms. The fourth-order valence-corrected chi connectivity index (χ4v) is 2.46. The summed E-state index contributed by atoms with van der Waals surface area (Å²) >= 11 is 1.62. The zero-order valence-electron chi connectivity index (χ0n) is 8.10. The van der Waals surface area contributed by atoms with E-state index in [2.05, 4.69) is 9.98 Å². The first kappa shape index (κ1) is 8.91. The highest BCUT2D eigenvalue weighted by Gasteiger charge is 2.21. The number of rotatable bonds is 2. The molecule has 2 aliphatic rings. The van der Waals surface area contributed by atoms with Gasteiger partial charge in [0, 0.05) is 0 Å². The third kappa shape index (κ3) is 1.52. The van der Waals surface area contributed by atoms with Crippen molar-refractivity contribution in [2.75, 3.05) is 26.3 Å². The Morgan fingerprint density at radius 3 is 2.47 bits per heavy atom. The van der Waals surface area contributed by atoms with Gasteiger partial charge in [-0.25, -0.2) is 9.98 Å². The Bertz CT molecular complexity index is 398. The summed E-state index contributed by atoms with van der Waals surface area (Å²) in [5.74, 6) is 1.46. The van der Waals surface area contributed by atoms with E-state index in [-0.39, 0.29) is 0 Å². The van der Waals surface area contributed by atoms with Gasteiger partial charge in [-0.2, -0.15) is 0 Å². The van der Waals surface area contributed by atoms with Gasteiger partial charge in [0.1, 0.15) is 18.1 Å². The average Bonchev–Trinajstić information content (AvgIpc) is 3.01.